The maximum Gasteiger partial charge on any atom is 0.302 e. The van der Waals surface area contributed by atoms with Gasteiger partial charge in [-0.25, -0.2) is 0 Å². The molecule has 2 atom stereocenters. The van der Waals surface area contributed by atoms with Crippen LogP contribution < -0.4 is 0 Å². The molecule has 0 fully saturated rings. The van der Waals surface area contributed by atoms with Gasteiger partial charge in [-0.1, -0.05) is 50.1 Å². The number of ether oxygens (including phenoxy) is 1. The number of esters is 1. The Kier molecular flexibility index (Phi) is 8.25. The molecule has 0 radical (unpaired) electrons. The molecule has 1 rings (SSSR count). The number of hydrogen-bond donors (Lipinski definition) is 0. The minimum Gasteiger partial charge on any atom is -0.462 e. The first-order chi connectivity index (χ1) is 11.8. The molecule has 0 bridgehead atoms. The summed E-state index contributed by atoms with van der Waals surface area (Å²) in [4.78, 5) is 34.9. The highest BCUT2D eigenvalue weighted by Gasteiger charge is 2.47. The van der Waals surface area contributed by atoms with Crippen molar-refractivity contribution in [2.75, 3.05) is 0 Å². The smallest absolute Gasteiger partial charge is 0.302 e. The summed E-state index contributed by atoms with van der Waals surface area (Å²) in [7, 11) is 0. The summed E-state index contributed by atoms with van der Waals surface area (Å²) in [5, 5.41) is 11.6. The molecule has 6 heteroatoms. The van der Waals surface area contributed by atoms with E-state index in [1.54, 1.807) is 0 Å². The molecular weight excluding hydrogens is 322 g/mol. The largest absolute Gasteiger partial charge is 0.462 e. The number of ketones is 1. The molecule has 0 aliphatic carbocycles. The monoisotopic (exact) mass is 349 g/mol. The molecule has 0 spiro atoms. The molecule has 0 amide bonds. The molecule has 1 aromatic rings. The lowest BCUT2D eigenvalue weighted by molar-refractivity contribution is -0.550. The number of carbonyl (C=O) groups excluding carboxylic acids is 2. The zero-order chi connectivity index (χ0) is 18.9. The van der Waals surface area contributed by atoms with E-state index in [-0.39, 0.29) is 12.8 Å². The van der Waals surface area contributed by atoms with Crippen molar-refractivity contribution >= 4 is 11.8 Å². The molecule has 0 aliphatic heterocycles. The van der Waals surface area contributed by atoms with Gasteiger partial charge in [0, 0.05) is 25.2 Å². The SMILES string of the molecule is CCCCC(CC(C)(C(=O)CCc1ccccc1)[N+](=O)[O-])OC(C)=O. The second kappa shape index (κ2) is 9.91. The zero-order valence-corrected chi connectivity index (χ0v) is 15.2. The Hall–Kier alpha value is -2.24. The molecule has 2 unspecified atom stereocenters. The Bertz CT molecular complexity index is 587. The summed E-state index contributed by atoms with van der Waals surface area (Å²) in [6.07, 6.45) is 2.02. The highest BCUT2D eigenvalue weighted by molar-refractivity contribution is 5.86. The van der Waals surface area contributed by atoms with E-state index in [1.165, 1.54) is 13.8 Å². The van der Waals surface area contributed by atoms with Crippen LogP contribution in [0, 0.1) is 10.1 Å². The summed E-state index contributed by atoms with van der Waals surface area (Å²) >= 11 is 0. The van der Waals surface area contributed by atoms with Crippen molar-refractivity contribution in [2.24, 2.45) is 0 Å². The average Bonchev–Trinajstić information content (AvgIpc) is 2.57. The van der Waals surface area contributed by atoms with Crippen molar-refractivity contribution in [3.8, 4) is 0 Å². The van der Waals surface area contributed by atoms with E-state index in [4.69, 9.17) is 4.74 Å². The molecule has 25 heavy (non-hydrogen) atoms. The second-order valence-electron chi connectivity index (χ2n) is 6.52. The average molecular weight is 349 g/mol. The van der Waals surface area contributed by atoms with Crippen molar-refractivity contribution < 1.29 is 19.2 Å². The summed E-state index contributed by atoms with van der Waals surface area (Å²) in [6.45, 7) is 4.60. The van der Waals surface area contributed by atoms with Crippen LogP contribution in [-0.4, -0.2) is 28.3 Å². The van der Waals surface area contributed by atoms with Crippen molar-refractivity contribution in [2.45, 2.75) is 70.9 Å². The quantitative estimate of drug-likeness (QED) is 0.345. The third-order valence-electron chi connectivity index (χ3n) is 4.32. The first kappa shape index (κ1) is 20.8. The maximum absolute atomic E-state index is 12.6. The van der Waals surface area contributed by atoms with E-state index < -0.39 is 28.3 Å². The van der Waals surface area contributed by atoms with Gasteiger partial charge in [0.2, 0.25) is 5.78 Å². The van der Waals surface area contributed by atoms with Gasteiger partial charge in [-0.15, -0.1) is 0 Å². The first-order valence-corrected chi connectivity index (χ1v) is 8.68. The summed E-state index contributed by atoms with van der Waals surface area (Å²) in [5.74, 6) is -0.918. The van der Waals surface area contributed by atoms with Crippen molar-refractivity contribution in [3.05, 3.63) is 46.0 Å². The minimum atomic E-state index is -1.75. The molecule has 0 aliphatic rings. The molecule has 0 saturated heterocycles. The molecule has 0 N–H and O–H groups in total. The van der Waals surface area contributed by atoms with Crippen LogP contribution in [0.15, 0.2) is 30.3 Å². The van der Waals surface area contributed by atoms with E-state index in [2.05, 4.69) is 0 Å². The van der Waals surface area contributed by atoms with E-state index in [0.29, 0.717) is 12.8 Å². The fourth-order valence-corrected chi connectivity index (χ4v) is 2.77. The lowest BCUT2D eigenvalue weighted by atomic mass is 9.86. The van der Waals surface area contributed by atoms with Gasteiger partial charge in [0.05, 0.1) is 6.42 Å². The Balaban J connectivity index is 2.82. The standard InChI is InChI=1S/C19H27NO5/c1-4-5-11-17(25-15(2)21)14-19(3,20(23)24)18(22)13-12-16-9-7-6-8-10-16/h6-10,17H,4-5,11-14H2,1-3H3. The van der Waals surface area contributed by atoms with Crippen LogP contribution in [0.4, 0.5) is 0 Å². The van der Waals surface area contributed by atoms with Gasteiger partial charge in [-0.2, -0.15) is 0 Å². The predicted octanol–water partition coefficient (Wildman–Crippen LogP) is 3.74. The van der Waals surface area contributed by atoms with Crippen molar-refractivity contribution in [3.63, 3.8) is 0 Å². The Labute approximate surface area is 148 Å². The molecule has 0 aromatic heterocycles. The van der Waals surface area contributed by atoms with Crippen LogP contribution in [-0.2, 0) is 20.7 Å². The molecule has 6 nitrogen and oxygen atoms in total. The normalized spacial score (nSPS) is 14.4. The first-order valence-electron chi connectivity index (χ1n) is 8.68. The number of Topliss-reactive ketones (excluding diaryl/α,β-unsaturated/α-hetero) is 1. The van der Waals surface area contributed by atoms with E-state index >= 15 is 0 Å². The second-order valence-corrected chi connectivity index (χ2v) is 6.52. The third-order valence-corrected chi connectivity index (χ3v) is 4.32. The minimum absolute atomic E-state index is 0.0854. The van der Waals surface area contributed by atoms with Crippen LogP contribution in [0.2, 0.25) is 0 Å². The zero-order valence-electron chi connectivity index (χ0n) is 15.2. The topological polar surface area (TPSA) is 86.5 Å². The van der Waals surface area contributed by atoms with Gasteiger partial charge in [0.1, 0.15) is 6.10 Å². The van der Waals surface area contributed by atoms with Crippen LogP contribution >= 0.6 is 0 Å². The summed E-state index contributed by atoms with van der Waals surface area (Å²) in [6, 6.07) is 9.39. The van der Waals surface area contributed by atoms with Crippen molar-refractivity contribution in [1.82, 2.24) is 0 Å². The third kappa shape index (κ3) is 6.64. The van der Waals surface area contributed by atoms with Gasteiger partial charge in [-0.3, -0.25) is 19.7 Å². The lowest BCUT2D eigenvalue weighted by Gasteiger charge is -2.25. The number of carbonyl (C=O) groups is 2. The number of benzene rings is 1. The van der Waals surface area contributed by atoms with E-state index in [1.807, 2.05) is 37.3 Å². The van der Waals surface area contributed by atoms with Crippen LogP contribution in [0.25, 0.3) is 0 Å². The maximum atomic E-state index is 12.6. The number of unbranched alkanes of at least 4 members (excludes halogenated alkanes) is 1. The molecule has 1 aromatic carbocycles. The van der Waals surface area contributed by atoms with Gasteiger partial charge in [0.25, 0.3) is 5.54 Å². The van der Waals surface area contributed by atoms with Gasteiger partial charge < -0.3 is 4.74 Å². The number of nitrogens with zero attached hydrogens (tertiary/aromatic N) is 1. The van der Waals surface area contributed by atoms with Gasteiger partial charge in [0.15, 0.2) is 0 Å². The molecule has 138 valence electrons. The summed E-state index contributed by atoms with van der Waals surface area (Å²) in [5.41, 5.74) is -0.785. The predicted molar refractivity (Wildman–Crippen MR) is 94.9 cm³/mol. The number of rotatable bonds is 11. The highest BCUT2D eigenvalue weighted by Crippen LogP contribution is 2.25. The summed E-state index contributed by atoms with van der Waals surface area (Å²) < 4.78 is 5.22. The Morgan fingerprint density at radius 3 is 2.44 bits per heavy atom. The highest BCUT2D eigenvalue weighted by atomic mass is 16.6. The molecule has 0 saturated carbocycles. The lowest BCUT2D eigenvalue weighted by Crippen LogP contribution is -2.47. The van der Waals surface area contributed by atoms with E-state index in [0.717, 1.165) is 18.4 Å². The fraction of sp³-hybridized carbons (Fsp3) is 0.579. The molecular formula is C19H27NO5. The van der Waals surface area contributed by atoms with E-state index in [9.17, 15) is 19.7 Å². The number of hydrogen-bond acceptors (Lipinski definition) is 5. The van der Waals surface area contributed by atoms with Gasteiger partial charge >= 0.3 is 5.97 Å². The van der Waals surface area contributed by atoms with Gasteiger partial charge in [-0.05, 0) is 18.4 Å². The Morgan fingerprint density at radius 2 is 1.92 bits per heavy atom. The fourth-order valence-electron chi connectivity index (χ4n) is 2.77. The molecule has 0 heterocycles. The van der Waals surface area contributed by atoms with Crippen LogP contribution in [0.5, 0.6) is 0 Å². The number of aryl methyl sites for hydroxylation is 1. The van der Waals surface area contributed by atoms with Crippen LogP contribution in [0.3, 0.4) is 0 Å². The van der Waals surface area contributed by atoms with Crippen LogP contribution in [0.1, 0.15) is 58.4 Å². The van der Waals surface area contributed by atoms with Crippen molar-refractivity contribution in [1.29, 1.82) is 0 Å². The number of nitro groups is 1. The Morgan fingerprint density at radius 1 is 1.28 bits per heavy atom.